The molecule has 0 aliphatic carbocycles. The quantitative estimate of drug-likeness (QED) is 0.586. The molecule has 1 aromatic heterocycles. The van der Waals surface area contributed by atoms with Crippen LogP contribution in [0, 0.1) is 17.1 Å². The predicted molar refractivity (Wildman–Crippen MR) is 61.0 cm³/mol. The van der Waals surface area contributed by atoms with E-state index >= 15 is 0 Å². The number of nitrogens with one attached hydrogen (secondary N) is 1. The summed E-state index contributed by atoms with van der Waals surface area (Å²) in [5, 5.41) is 7.37. The van der Waals surface area contributed by atoms with Gasteiger partial charge in [0.25, 0.3) is 0 Å². The molecule has 0 spiro atoms. The van der Waals surface area contributed by atoms with Crippen LogP contribution < -0.4 is 10.6 Å². The molecule has 0 aromatic carbocycles. The van der Waals surface area contributed by atoms with E-state index in [-0.39, 0.29) is 17.6 Å². The van der Waals surface area contributed by atoms with Gasteiger partial charge in [-0.1, -0.05) is 0 Å². The summed E-state index contributed by atoms with van der Waals surface area (Å²) in [6.07, 6.45) is 3.19. The van der Waals surface area contributed by atoms with Crippen molar-refractivity contribution >= 4 is 11.7 Å². The average molecular weight is 222 g/mol. The molecule has 0 saturated carbocycles. The maximum absolute atomic E-state index is 13.5. The van der Waals surface area contributed by atoms with E-state index in [2.05, 4.69) is 4.98 Å². The van der Waals surface area contributed by atoms with E-state index in [9.17, 15) is 4.39 Å². The summed E-state index contributed by atoms with van der Waals surface area (Å²) in [6.45, 7) is 1.41. The van der Waals surface area contributed by atoms with E-state index in [1.54, 1.807) is 12.3 Å². The Labute approximate surface area is 93.8 Å². The van der Waals surface area contributed by atoms with Crippen LogP contribution in [0.1, 0.15) is 12.8 Å². The number of nitrogens with two attached hydrogens (primary N) is 1. The minimum Gasteiger partial charge on any atom is -0.387 e. The molecule has 0 radical (unpaired) electrons. The van der Waals surface area contributed by atoms with Crippen molar-refractivity contribution in [3.63, 3.8) is 0 Å². The smallest absolute Gasteiger partial charge is 0.165 e. The number of piperidine rings is 1. The zero-order valence-corrected chi connectivity index (χ0v) is 8.99. The van der Waals surface area contributed by atoms with E-state index in [0.717, 1.165) is 12.8 Å². The summed E-state index contributed by atoms with van der Waals surface area (Å²) >= 11 is 0. The predicted octanol–water partition coefficient (Wildman–Crippen LogP) is 1.37. The molecular weight excluding hydrogens is 207 g/mol. The number of rotatable bonds is 2. The van der Waals surface area contributed by atoms with Crippen molar-refractivity contribution in [3.05, 3.63) is 24.1 Å². The second-order valence-corrected chi connectivity index (χ2v) is 4.03. The molecule has 3 N–H and O–H groups in total. The monoisotopic (exact) mass is 222 g/mol. The van der Waals surface area contributed by atoms with Gasteiger partial charge in [-0.3, -0.25) is 5.41 Å². The summed E-state index contributed by atoms with van der Waals surface area (Å²) in [5.74, 6) is 0.498. The zero-order chi connectivity index (χ0) is 11.5. The lowest BCUT2D eigenvalue weighted by Crippen LogP contribution is -2.39. The number of halogens is 1. The van der Waals surface area contributed by atoms with Crippen molar-refractivity contribution in [3.8, 4) is 0 Å². The van der Waals surface area contributed by atoms with Crippen LogP contribution in [0.25, 0.3) is 0 Å². The summed E-state index contributed by atoms with van der Waals surface area (Å²) in [7, 11) is 0. The molecule has 0 amide bonds. The molecule has 1 aliphatic rings. The highest BCUT2D eigenvalue weighted by molar-refractivity contribution is 5.79. The van der Waals surface area contributed by atoms with Crippen LogP contribution >= 0.6 is 0 Å². The molecular formula is C11H15FN4. The second kappa shape index (κ2) is 4.47. The fourth-order valence-electron chi connectivity index (χ4n) is 2.01. The Bertz CT molecular complexity index is 385. The first-order valence-electron chi connectivity index (χ1n) is 5.38. The maximum atomic E-state index is 13.5. The minimum atomic E-state index is -0.288. The maximum Gasteiger partial charge on any atom is 0.165 e. The summed E-state index contributed by atoms with van der Waals surface area (Å²) in [6, 6.07) is 3.00. The number of aromatic nitrogens is 1. The van der Waals surface area contributed by atoms with Crippen LogP contribution in [-0.4, -0.2) is 23.9 Å². The van der Waals surface area contributed by atoms with Crippen molar-refractivity contribution in [1.82, 2.24) is 4.98 Å². The number of hydrogen-bond donors (Lipinski definition) is 2. The zero-order valence-electron chi connectivity index (χ0n) is 8.99. The molecule has 2 heterocycles. The van der Waals surface area contributed by atoms with Crippen LogP contribution in [0.3, 0.4) is 0 Å². The molecule has 4 nitrogen and oxygen atoms in total. The van der Waals surface area contributed by atoms with E-state index in [4.69, 9.17) is 11.1 Å². The lowest BCUT2D eigenvalue weighted by atomic mass is 9.96. The van der Waals surface area contributed by atoms with Crippen LogP contribution in [0.15, 0.2) is 18.3 Å². The van der Waals surface area contributed by atoms with Gasteiger partial charge in [-0.2, -0.15) is 0 Å². The number of pyridine rings is 1. The van der Waals surface area contributed by atoms with E-state index in [1.165, 1.54) is 6.07 Å². The number of amidine groups is 1. The average Bonchev–Trinajstić information content (AvgIpc) is 2.30. The first-order valence-corrected chi connectivity index (χ1v) is 5.38. The van der Waals surface area contributed by atoms with Crippen LogP contribution in [0.4, 0.5) is 10.2 Å². The first-order chi connectivity index (χ1) is 7.68. The molecule has 1 fully saturated rings. The SMILES string of the molecule is N=C(N)C1CCN(c2ncccc2F)CC1. The molecule has 86 valence electrons. The van der Waals surface area contributed by atoms with Gasteiger partial charge in [-0.25, -0.2) is 9.37 Å². The molecule has 1 saturated heterocycles. The van der Waals surface area contributed by atoms with E-state index in [0.29, 0.717) is 18.9 Å². The van der Waals surface area contributed by atoms with E-state index in [1.807, 2.05) is 4.90 Å². The second-order valence-electron chi connectivity index (χ2n) is 4.03. The molecule has 0 atom stereocenters. The number of nitrogens with zero attached hydrogens (tertiary/aromatic N) is 2. The van der Waals surface area contributed by atoms with Gasteiger partial charge in [0.1, 0.15) is 0 Å². The van der Waals surface area contributed by atoms with Crippen LogP contribution in [-0.2, 0) is 0 Å². The van der Waals surface area contributed by atoms with Gasteiger partial charge >= 0.3 is 0 Å². The van der Waals surface area contributed by atoms with Gasteiger partial charge in [-0.15, -0.1) is 0 Å². The standard InChI is InChI=1S/C11H15FN4/c12-9-2-1-5-15-11(9)16-6-3-8(4-7-16)10(13)14/h1-2,5,8H,3-4,6-7H2,(H3,13,14). The summed E-state index contributed by atoms with van der Waals surface area (Å²) in [5.41, 5.74) is 5.46. The molecule has 0 unspecified atom stereocenters. The highest BCUT2D eigenvalue weighted by atomic mass is 19.1. The van der Waals surface area contributed by atoms with Gasteiger partial charge in [0.15, 0.2) is 11.6 Å². The lowest BCUT2D eigenvalue weighted by molar-refractivity contribution is 0.486. The summed E-state index contributed by atoms with van der Waals surface area (Å²) < 4.78 is 13.5. The Kier molecular flexibility index (Phi) is 3.03. The van der Waals surface area contributed by atoms with Crippen LogP contribution in [0.2, 0.25) is 0 Å². The van der Waals surface area contributed by atoms with Crippen LogP contribution in [0.5, 0.6) is 0 Å². The molecule has 5 heteroatoms. The fourth-order valence-corrected chi connectivity index (χ4v) is 2.01. The van der Waals surface area contributed by atoms with Gasteiger partial charge in [0.2, 0.25) is 0 Å². The molecule has 16 heavy (non-hydrogen) atoms. The van der Waals surface area contributed by atoms with Crippen molar-refractivity contribution in [2.24, 2.45) is 11.7 Å². The fraction of sp³-hybridized carbons (Fsp3) is 0.455. The Balaban J connectivity index is 2.05. The largest absolute Gasteiger partial charge is 0.387 e. The minimum absolute atomic E-state index is 0.142. The van der Waals surface area contributed by atoms with Crippen molar-refractivity contribution in [1.29, 1.82) is 5.41 Å². The highest BCUT2D eigenvalue weighted by Crippen LogP contribution is 2.23. The third-order valence-electron chi connectivity index (χ3n) is 2.97. The summed E-state index contributed by atoms with van der Waals surface area (Å²) in [4.78, 5) is 5.95. The Morgan fingerprint density at radius 2 is 2.19 bits per heavy atom. The van der Waals surface area contributed by atoms with E-state index < -0.39 is 0 Å². The first kappa shape index (κ1) is 10.9. The molecule has 1 aliphatic heterocycles. The topological polar surface area (TPSA) is 66.0 Å². The third-order valence-corrected chi connectivity index (χ3v) is 2.97. The van der Waals surface area contributed by atoms with Gasteiger partial charge in [-0.05, 0) is 25.0 Å². The van der Waals surface area contributed by atoms with Gasteiger partial charge in [0.05, 0.1) is 5.84 Å². The normalized spacial score (nSPS) is 17.4. The molecule has 0 bridgehead atoms. The number of anilines is 1. The Hall–Kier alpha value is -1.65. The van der Waals surface area contributed by atoms with Crippen molar-refractivity contribution < 1.29 is 4.39 Å². The Morgan fingerprint density at radius 1 is 1.50 bits per heavy atom. The number of hydrogen-bond acceptors (Lipinski definition) is 3. The van der Waals surface area contributed by atoms with Gasteiger partial charge in [0, 0.05) is 25.2 Å². The highest BCUT2D eigenvalue weighted by Gasteiger charge is 2.23. The molecule has 1 aromatic rings. The molecule has 2 rings (SSSR count). The van der Waals surface area contributed by atoms with Gasteiger partial charge < -0.3 is 10.6 Å². The van der Waals surface area contributed by atoms with Crippen molar-refractivity contribution in [2.45, 2.75) is 12.8 Å². The Morgan fingerprint density at radius 3 is 2.75 bits per heavy atom. The lowest BCUT2D eigenvalue weighted by Gasteiger charge is -2.32. The third kappa shape index (κ3) is 2.13. The van der Waals surface area contributed by atoms with Crippen molar-refractivity contribution in [2.75, 3.05) is 18.0 Å².